The van der Waals surface area contributed by atoms with Crippen LogP contribution in [0.25, 0.3) is 0 Å². The SMILES string of the molecule is CNC(CCCOC)c1c(Cl)cnn1C. The quantitative estimate of drug-likeness (QED) is 0.759. The van der Waals surface area contributed by atoms with Crippen molar-refractivity contribution in [2.45, 2.75) is 18.9 Å². The molecule has 1 aromatic rings. The maximum absolute atomic E-state index is 6.08. The first-order valence-electron chi connectivity index (χ1n) is 5.04. The van der Waals surface area contributed by atoms with Crippen LogP contribution < -0.4 is 5.32 Å². The Balaban J connectivity index is 2.65. The molecule has 0 saturated heterocycles. The van der Waals surface area contributed by atoms with Gasteiger partial charge in [-0.15, -0.1) is 0 Å². The second-order valence-corrected chi connectivity index (χ2v) is 3.88. The van der Waals surface area contributed by atoms with Gasteiger partial charge >= 0.3 is 0 Å². The number of nitrogens with one attached hydrogen (secondary N) is 1. The Kier molecular flexibility index (Phi) is 5.08. The van der Waals surface area contributed by atoms with Crippen LogP contribution in [-0.4, -0.2) is 30.5 Å². The molecule has 0 aliphatic rings. The molecule has 0 aliphatic heterocycles. The molecule has 0 saturated carbocycles. The third-order valence-electron chi connectivity index (χ3n) is 2.46. The lowest BCUT2D eigenvalue weighted by Crippen LogP contribution is -2.20. The predicted molar refractivity (Wildman–Crippen MR) is 61.1 cm³/mol. The van der Waals surface area contributed by atoms with E-state index in [2.05, 4.69) is 10.4 Å². The molecule has 0 spiro atoms. The van der Waals surface area contributed by atoms with E-state index >= 15 is 0 Å². The van der Waals surface area contributed by atoms with Crippen LogP contribution in [0.4, 0.5) is 0 Å². The molecule has 0 bridgehead atoms. The third kappa shape index (κ3) is 3.19. The van der Waals surface area contributed by atoms with E-state index in [4.69, 9.17) is 16.3 Å². The molecule has 15 heavy (non-hydrogen) atoms. The minimum atomic E-state index is 0.236. The van der Waals surface area contributed by atoms with Gasteiger partial charge in [-0.25, -0.2) is 0 Å². The molecule has 0 fully saturated rings. The number of aryl methyl sites for hydroxylation is 1. The Morgan fingerprint density at radius 2 is 2.40 bits per heavy atom. The smallest absolute Gasteiger partial charge is 0.0833 e. The number of hydrogen-bond donors (Lipinski definition) is 1. The molecule has 5 heteroatoms. The summed E-state index contributed by atoms with van der Waals surface area (Å²) in [5.41, 5.74) is 1.04. The van der Waals surface area contributed by atoms with E-state index in [-0.39, 0.29) is 6.04 Å². The van der Waals surface area contributed by atoms with Crippen molar-refractivity contribution in [3.8, 4) is 0 Å². The molecule has 1 aromatic heterocycles. The van der Waals surface area contributed by atoms with E-state index in [0.29, 0.717) is 5.02 Å². The van der Waals surface area contributed by atoms with E-state index < -0.39 is 0 Å². The average molecular weight is 232 g/mol. The summed E-state index contributed by atoms with van der Waals surface area (Å²) in [6.07, 6.45) is 3.67. The molecule has 1 rings (SSSR count). The zero-order valence-corrected chi connectivity index (χ0v) is 10.2. The largest absolute Gasteiger partial charge is 0.385 e. The summed E-state index contributed by atoms with van der Waals surface area (Å²) in [5, 5.41) is 8.09. The van der Waals surface area contributed by atoms with Crippen LogP contribution in [-0.2, 0) is 11.8 Å². The Hall–Kier alpha value is -0.580. The van der Waals surface area contributed by atoms with E-state index in [1.165, 1.54) is 0 Å². The minimum absolute atomic E-state index is 0.236. The van der Waals surface area contributed by atoms with Gasteiger partial charge in [0, 0.05) is 20.8 Å². The lowest BCUT2D eigenvalue weighted by Gasteiger charge is -2.16. The van der Waals surface area contributed by atoms with Gasteiger partial charge in [-0.05, 0) is 19.9 Å². The number of rotatable bonds is 6. The summed E-state index contributed by atoms with van der Waals surface area (Å²) in [7, 11) is 5.55. The molecular weight excluding hydrogens is 214 g/mol. The highest BCUT2D eigenvalue weighted by Crippen LogP contribution is 2.24. The van der Waals surface area contributed by atoms with Crippen LogP contribution in [0.15, 0.2) is 6.20 Å². The molecule has 1 heterocycles. The highest BCUT2D eigenvalue weighted by Gasteiger charge is 2.16. The highest BCUT2D eigenvalue weighted by molar-refractivity contribution is 6.31. The lowest BCUT2D eigenvalue weighted by atomic mass is 10.1. The van der Waals surface area contributed by atoms with Crippen LogP contribution >= 0.6 is 11.6 Å². The third-order valence-corrected chi connectivity index (χ3v) is 2.75. The van der Waals surface area contributed by atoms with Crippen LogP contribution in [0.3, 0.4) is 0 Å². The van der Waals surface area contributed by atoms with Gasteiger partial charge < -0.3 is 10.1 Å². The van der Waals surface area contributed by atoms with E-state index in [1.807, 2.05) is 18.8 Å². The first kappa shape index (κ1) is 12.5. The summed E-state index contributed by atoms with van der Waals surface area (Å²) < 4.78 is 6.85. The van der Waals surface area contributed by atoms with E-state index in [0.717, 1.165) is 25.1 Å². The predicted octanol–water partition coefficient (Wildman–Crippen LogP) is 1.76. The molecule has 1 N–H and O–H groups in total. The van der Waals surface area contributed by atoms with Crippen molar-refractivity contribution in [3.05, 3.63) is 16.9 Å². The first-order chi connectivity index (χ1) is 7.20. The van der Waals surface area contributed by atoms with Crippen LogP contribution in [0, 0.1) is 0 Å². The summed E-state index contributed by atoms with van der Waals surface area (Å²) in [4.78, 5) is 0. The van der Waals surface area contributed by atoms with Gasteiger partial charge in [-0.1, -0.05) is 11.6 Å². The Morgan fingerprint density at radius 3 is 2.87 bits per heavy atom. The normalized spacial score (nSPS) is 13.1. The van der Waals surface area contributed by atoms with Crippen LogP contribution in [0.2, 0.25) is 5.02 Å². The number of ether oxygens (including phenoxy) is 1. The standard InChI is InChI=1S/C10H18ClN3O/c1-12-9(5-4-6-15-3)10-8(11)7-13-14(10)2/h7,9,12H,4-6H2,1-3H3. The Labute approximate surface area is 95.6 Å². The molecule has 0 aliphatic carbocycles. The Bertz CT molecular complexity index is 281. The zero-order chi connectivity index (χ0) is 11.3. The van der Waals surface area contributed by atoms with Gasteiger partial charge in [0.15, 0.2) is 0 Å². The van der Waals surface area contributed by atoms with Gasteiger partial charge in [0.2, 0.25) is 0 Å². The van der Waals surface area contributed by atoms with Gasteiger partial charge in [0.05, 0.1) is 23.0 Å². The number of methoxy groups -OCH3 is 1. The van der Waals surface area contributed by atoms with Crippen molar-refractivity contribution in [1.29, 1.82) is 0 Å². The number of halogens is 1. The minimum Gasteiger partial charge on any atom is -0.385 e. The molecule has 1 atom stereocenters. The summed E-state index contributed by atoms with van der Waals surface area (Å²) in [5.74, 6) is 0. The van der Waals surface area contributed by atoms with Crippen molar-refractivity contribution < 1.29 is 4.74 Å². The molecule has 0 radical (unpaired) electrons. The Morgan fingerprint density at radius 1 is 1.67 bits per heavy atom. The fourth-order valence-electron chi connectivity index (χ4n) is 1.66. The van der Waals surface area contributed by atoms with Gasteiger partial charge in [0.1, 0.15) is 0 Å². The van der Waals surface area contributed by atoms with E-state index in [9.17, 15) is 0 Å². The lowest BCUT2D eigenvalue weighted by molar-refractivity contribution is 0.189. The number of aromatic nitrogens is 2. The highest BCUT2D eigenvalue weighted by atomic mass is 35.5. The molecule has 1 unspecified atom stereocenters. The second-order valence-electron chi connectivity index (χ2n) is 3.48. The van der Waals surface area contributed by atoms with Gasteiger partial charge in [-0.3, -0.25) is 4.68 Å². The number of nitrogens with zero attached hydrogens (tertiary/aromatic N) is 2. The number of hydrogen-bond acceptors (Lipinski definition) is 3. The maximum Gasteiger partial charge on any atom is 0.0833 e. The van der Waals surface area contributed by atoms with Crippen molar-refractivity contribution in [2.75, 3.05) is 20.8 Å². The molecule has 0 aromatic carbocycles. The summed E-state index contributed by atoms with van der Waals surface area (Å²) in [6, 6.07) is 0.236. The van der Waals surface area contributed by atoms with Gasteiger partial charge in [-0.2, -0.15) is 5.10 Å². The monoisotopic (exact) mass is 231 g/mol. The maximum atomic E-state index is 6.08. The van der Waals surface area contributed by atoms with Crippen molar-refractivity contribution in [2.24, 2.45) is 7.05 Å². The average Bonchev–Trinajstić information content (AvgIpc) is 2.55. The summed E-state index contributed by atoms with van der Waals surface area (Å²) in [6.45, 7) is 0.771. The topological polar surface area (TPSA) is 39.1 Å². The molecule has 0 amide bonds. The van der Waals surface area contributed by atoms with Gasteiger partial charge in [0.25, 0.3) is 0 Å². The summed E-state index contributed by atoms with van der Waals surface area (Å²) >= 11 is 6.08. The van der Waals surface area contributed by atoms with Crippen molar-refractivity contribution >= 4 is 11.6 Å². The fourth-order valence-corrected chi connectivity index (χ4v) is 1.96. The molecule has 86 valence electrons. The first-order valence-corrected chi connectivity index (χ1v) is 5.42. The fraction of sp³-hybridized carbons (Fsp3) is 0.700. The van der Waals surface area contributed by atoms with E-state index in [1.54, 1.807) is 13.3 Å². The van der Waals surface area contributed by atoms with Crippen LogP contribution in [0.5, 0.6) is 0 Å². The second kappa shape index (κ2) is 6.10. The van der Waals surface area contributed by atoms with Crippen molar-refractivity contribution in [1.82, 2.24) is 15.1 Å². The van der Waals surface area contributed by atoms with Crippen LogP contribution in [0.1, 0.15) is 24.6 Å². The molecular formula is C10H18ClN3O. The van der Waals surface area contributed by atoms with Crippen molar-refractivity contribution in [3.63, 3.8) is 0 Å². The zero-order valence-electron chi connectivity index (χ0n) is 9.46. The molecule has 4 nitrogen and oxygen atoms in total.